The molecule has 2 aromatic carbocycles. The fourth-order valence-corrected chi connectivity index (χ4v) is 3.26. The van der Waals surface area contributed by atoms with Crippen LogP contribution in [0.15, 0.2) is 59.8 Å². The molecule has 134 valence electrons. The van der Waals surface area contributed by atoms with Crippen molar-refractivity contribution in [1.82, 2.24) is 14.8 Å². The van der Waals surface area contributed by atoms with E-state index in [1.807, 2.05) is 73.1 Å². The molecule has 6 nitrogen and oxygen atoms in total. The molecule has 0 aliphatic carbocycles. The van der Waals surface area contributed by atoms with Gasteiger partial charge < -0.3 is 14.6 Å². The van der Waals surface area contributed by atoms with Gasteiger partial charge in [0.15, 0.2) is 11.0 Å². The van der Waals surface area contributed by atoms with E-state index in [-0.39, 0.29) is 11.2 Å². The summed E-state index contributed by atoms with van der Waals surface area (Å²) in [6.45, 7) is 1.84. The van der Waals surface area contributed by atoms with Gasteiger partial charge in [-0.1, -0.05) is 54.2 Å². The van der Waals surface area contributed by atoms with E-state index in [1.165, 1.54) is 11.8 Å². The van der Waals surface area contributed by atoms with E-state index in [9.17, 15) is 4.79 Å². The van der Waals surface area contributed by atoms with Crippen molar-refractivity contribution < 1.29 is 9.53 Å². The van der Waals surface area contributed by atoms with E-state index in [0.717, 1.165) is 11.4 Å². The van der Waals surface area contributed by atoms with Crippen molar-refractivity contribution in [2.75, 3.05) is 12.4 Å². The number of anilines is 1. The van der Waals surface area contributed by atoms with Crippen LogP contribution in [0.4, 0.5) is 5.69 Å². The highest BCUT2D eigenvalue weighted by Crippen LogP contribution is 2.28. The molecule has 1 unspecified atom stereocenters. The Labute approximate surface area is 156 Å². The molecule has 3 aromatic rings. The molecule has 1 amide bonds. The van der Waals surface area contributed by atoms with Crippen molar-refractivity contribution in [2.45, 2.75) is 17.3 Å². The minimum atomic E-state index is -0.341. The molecule has 0 aliphatic rings. The number of rotatable bonds is 6. The van der Waals surface area contributed by atoms with Gasteiger partial charge in [-0.3, -0.25) is 4.79 Å². The van der Waals surface area contributed by atoms with Gasteiger partial charge in [-0.2, -0.15) is 0 Å². The Balaban J connectivity index is 1.71. The summed E-state index contributed by atoms with van der Waals surface area (Å²) < 4.78 is 7.16. The van der Waals surface area contributed by atoms with Crippen LogP contribution in [0, 0.1) is 0 Å². The zero-order chi connectivity index (χ0) is 18.5. The predicted octanol–water partition coefficient (Wildman–Crippen LogP) is 3.61. The van der Waals surface area contributed by atoms with Crippen LogP contribution in [0.1, 0.15) is 6.92 Å². The molecule has 0 saturated carbocycles. The average molecular weight is 368 g/mol. The molecule has 0 radical (unpaired) electrons. The van der Waals surface area contributed by atoms with E-state index >= 15 is 0 Å². The minimum absolute atomic E-state index is 0.122. The minimum Gasteiger partial charge on any atom is -0.495 e. The molecule has 0 bridgehead atoms. The lowest BCUT2D eigenvalue weighted by atomic mass is 10.2. The first-order chi connectivity index (χ1) is 12.6. The van der Waals surface area contributed by atoms with Gasteiger partial charge in [0.1, 0.15) is 5.75 Å². The molecule has 7 heteroatoms. The number of carbonyl (C=O) groups excluding carboxylic acids is 1. The van der Waals surface area contributed by atoms with Crippen LogP contribution in [0.2, 0.25) is 0 Å². The summed E-state index contributed by atoms with van der Waals surface area (Å²) in [4.78, 5) is 12.5. The molecule has 0 fully saturated rings. The van der Waals surface area contributed by atoms with E-state index in [4.69, 9.17) is 4.74 Å². The average Bonchev–Trinajstić information content (AvgIpc) is 3.03. The number of nitrogens with one attached hydrogen (secondary N) is 1. The first-order valence-corrected chi connectivity index (χ1v) is 9.03. The third-order valence-electron chi connectivity index (χ3n) is 3.88. The number of hydrogen-bond donors (Lipinski definition) is 1. The standard InChI is InChI=1S/C19H20N4O2S/c1-13(18(24)20-15-11-7-8-12-16(15)25-3)26-19-22-21-17(23(19)2)14-9-5-4-6-10-14/h4-13H,1-3H3,(H,20,24). The van der Waals surface area contributed by atoms with E-state index < -0.39 is 0 Å². The number of carbonyl (C=O) groups is 1. The van der Waals surface area contributed by atoms with Gasteiger partial charge in [0.2, 0.25) is 5.91 Å². The van der Waals surface area contributed by atoms with Crippen molar-refractivity contribution in [1.29, 1.82) is 0 Å². The number of ether oxygens (including phenoxy) is 1. The highest BCUT2D eigenvalue weighted by Gasteiger charge is 2.20. The van der Waals surface area contributed by atoms with Gasteiger partial charge in [0.05, 0.1) is 18.0 Å². The number of amides is 1. The summed E-state index contributed by atoms with van der Waals surface area (Å²) in [5.41, 5.74) is 1.64. The Morgan fingerprint density at radius 2 is 1.81 bits per heavy atom. The van der Waals surface area contributed by atoms with Gasteiger partial charge in [0, 0.05) is 12.6 Å². The van der Waals surface area contributed by atoms with Crippen LogP contribution in [0.3, 0.4) is 0 Å². The Morgan fingerprint density at radius 3 is 2.54 bits per heavy atom. The van der Waals surface area contributed by atoms with Crippen LogP contribution in [-0.4, -0.2) is 33.0 Å². The first-order valence-electron chi connectivity index (χ1n) is 8.15. The maximum atomic E-state index is 12.5. The SMILES string of the molecule is COc1ccccc1NC(=O)C(C)Sc1nnc(-c2ccccc2)n1C. The quantitative estimate of drug-likeness (QED) is 0.673. The Hall–Kier alpha value is -2.80. The van der Waals surface area contributed by atoms with E-state index in [1.54, 1.807) is 7.11 Å². The number of benzene rings is 2. The molecule has 1 heterocycles. The lowest BCUT2D eigenvalue weighted by molar-refractivity contribution is -0.115. The zero-order valence-corrected chi connectivity index (χ0v) is 15.7. The number of para-hydroxylation sites is 2. The smallest absolute Gasteiger partial charge is 0.237 e. The van der Waals surface area contributed by atoms with Crippen molar-refractivity contribution in [3.05, 3.63) is 54.6 Å². The lowest BCUT2D eigenvalue weighted by Crippen LogP contribution is -2.23. The summed E-state index contributed by atoms with van der Waals surface area (Å²) in [6, 6.07) is 17.2. The molecule has 3 rings (SSSR count). The Kier molecular flexibility index (Phi) is 5.58. The maximum absolute atomic E-state index is 12.5. The third kappa shape index (κ3) is 3.88. The fraction of sp³-hybridized carbons (Fsp3) is 0.211. The van der Waals surface area contributed by atoms with E-state index in [2.05, 4.69) is 15.5 Å². The van der Waals surface area contributed by atoms with Gasteiger partial charge in [0.25, 0.3) is 0 Å². The van der Waals surface area contributed by atoms with Crippen LogP contribution in [0.25, 0.3) is 11.4 Å². The number of aromatic nitrogens is 3. The first kappa shape index (κ1) is 18.0. The molecule has 1 atom stereocenters. The number of hydrogen-bond acceptors (Lipinski definition) is 5. The van der Waals surface area contributed by atoms with Gasteiger partial charge >= 0.3 is 0 Å². The van der Waals surface area contributed by atoms with E-state index in [0.29, 0.717) is 16.6 Å². The zero-order valence-electron chi connectivity index (χ0n) is 14.8. The Bertz CT molecular complexity index is 896. The van der Waals surface area contributed by atoms with Crippen LogP contribution in [-0.2, 0) is 11.8 Å². The molecule has 0 aliphatic heterocycles. The Morgan fingerprint density at radius 1 is 1.12 bits per heavy atom. The second kappa shape index (κ2) is 8.05. The third-order valence-corrected chi connectivity index (χ3v) is 5.02. The van der Waals surface area contributed by atoms with Gasteiger partial charge in [-0.05, 0) is 19.1 Å². The highest BCUT2D eigenvalue weighted by molar-refractivity contribution is 8.00. The van der Waals surface area contributed by atoms with Crippen LogP contribution >= 0.6 is 11.8 Å². The van der Waals surface area contributed by atoms with Crippen LogP contribution < -0.4 is 10.1 Å². The normalized spacial score (nSPS) is 11.8. The molecule has 26 heavy (non-hydrogen) atoms. The summed E-state index contributed by atoms with van der Waals surface area (Å²) in [5, 5.41) is 11.7. The molecule has 1 N–H and O–H groups in total. The highest BCUT2D eigenvalue weighted by atomic mass is 32.2. The molecule has 0 spiro atoms. The number of thioether (sulfide) groups is 1. The summed E-state index contributed by atoms with van der Waals surface area (Å²) >= 11 is 1.36. The van der Waals surface area contributed by atoms with Crippen molar-refractivity contribution in [3.63, 3.8) is 0 Å². The van der Waals surface area contributed by atoms with Crippen molar-refractivity contribution in [2.24, 2.45) is 7.05 Å². The number of nitrogens with zero attached hydrogens (tertiary/aromatic N) is 3. The molecular weight excluding hydrogens is 348 g/mol. The maximum Gasteiger partial charge on any atom is 0.237 e. The second-order valence-corrected chi connectivity index (χ2v) is 6.99. The monoisotopic (exact) mass is 368 g/mol. The lowest BCUT2D eigenvalue weighted by Gasteiger charge is -2.13. The number of methoxy groups -OCH3 is 1. The summed E-state index contributed by atoms with van der Waals surface area (Å²) in [5.74, 6) is 1.28. The fourth-order valence-electron chi connectivity index (χ4n) is 2.45. The molecule has 1 aromatic heterocycles. The largest absolute Gasteiger partial charge is 0.495 e. The van der Waals surface area contributed by atoms with Crippen molar-refractivity contribution >= 4 is 23.4 Å². The van der Waals surface area contributed by atoms with Gasteiger partial charge in [-0.15, -0.1) is 10.2 Å². The predicted molar refractivity (Wildman–Crippen MR) is 103 cm³/mol. The molecule has 0 saturated heterocycles. The summed E-state index contributed by atoms with van der Waals surface area (Å²) in [6.07, 6.45) is 0. The molecular formula is C19H20N4O2S. The topological polar surface area (TPSA) is 69.0 Å². The summed E-state index contributed by atoms with van der Waals surface area (Å²) in [7, 11) is 3.48. The second-order valence-electron chi connectivity index (χ2n) is 5.68. The van der Waals surface area contributed by atoms with Gasteiger partial charge in [-0.25, -0.2) is 0 Å². The van der Waals surface area contributed by atoms with Crippen molar-refractivity contribution in [3.8, 4) is 17.1 Å². The van der Waals surface area contributed by atoms with Crippen LogP contribution in [0.5, 0.6) is 5.75 Å².